The van der Waals surface area contributed by atoms with Crippen molar-refractivity contribution in [2.75, 3.05) is 0 Å². The van der Waals surface area contributed by atoms with Crippen LogP contribution in [0.2, 0.25) is 0 Å². The Morgan fingerprint density at radius 3 is 2.60 bits per heavy atom. The van der Waals surface area contributed by atoms with Crippen molar-refractivity contribution in [2.24, 2.45) is 0 Å². The average Bonchev–Trinajstić information content (AvgIpc) is 1.87. The SMILES string of the molecule is C=C(C)C=CC=CCCC. The van der Waals surface area contributed by atoms with Gasteiger partial charge in [0, 0.05) is 0 Å². The minimum atomic E-state index is 1.10. The Morgan fingerprint density at radius 2 is 2.10 bits per heavy atom. The van der Waals surface area contributed by atoms with E-state index in [1.54, 1.807) is 0 Å². The van der Waals surface area contributed by atoms with E-state index in [0.717, 1.165) is 5.57 Å². The molecule has 0 radical (unpaired) electrons. The molecule has 0 atom stereocenters. The van der Waals surface area contributed by atoms with E-state index in [0.29, 0.717) is 0 Å². The van der Waals surface area contributed by atoms with Crippen molar-refractivity contribution >= 4 is 0 Å². The maximum atomic E-state index is 3.75. The molecule has 10 heavy (non-hydrogen) atoms. The topological polar surface area (TPSA) is 0 Å². The number of unbranched alkanes of at least 4 members (excludes halogenated alkanes) is 1. The smallest absolute Gasteiger partial charge is 0.0350 e. The van der Waals surface area contributed by atoms with Gasteiger partial charge in [-0.15, -0.1) is 0 Å². The second-order valence-electron chi connectivity index (χ2n) is 2.42. The maximum absolute atomic E-state index is 3.75. The molecular weight excluding hydrogens is 120 g/mol. The second kappa shape index (κ2) is 6.34. The molecule has 0 saturated carbocycles. The second-order valence-corrected chi connectivity index (χ2v) is 2.42. The van der Waals surface area contributed by atoms with Gasteiger partial charge in [0.1, 0.15) is 0 Å². The summed E-state index contributed by atoms with van der Waals surface area (Å²) in [5.74, 6) is 0. The fourth-order valence-electron chi connectivity index (χ4n) is 0.561. The van der Waals surface area contributed by atoms with Gasteiger partial charge in [0.2, 0.25) is 0 Å². The molecule has 0 aromatic carbocycles. The normalized spacial score (nSPS) is 11.4. The zero-order valence-corrected chi connectivity index (χ0v) is 6.93. The molecular formula is C10H16. The third-order valence-corrected chi connectivity index (χ3v) is 1.08. The summed E-state index contributed by atoms with van der Waals surface area (Å²) < 4.78 is 0. The molecule has 0 aliphatic carbocycles. The van der Waals surface area contributed by atoms with E-state index in [4.69, 9.17) is 0 Å². The molecule has 0 spiro atoms. The van der Waals surface area contributed by atoms with E-state index in [1.165, 1.54) is 12.8 Å². The van der Waals surface area contributed by atoms with Gasteiger partial charge in [-0.25, -0.2) is 0 Å². The Bertz CT molecular complexity index is 138. The lowest BCUT2D eigenvalue weighted by atomic mass is 10.3. The monoisotopic (exact) mass is 136 g/mol. The van der Waals surface area contributed by atoms with Gasteiger partial charge < -0.3 is 0 Å². The van der Waals surface area contributed by atoms with Crippen molar-refractivity contribution in [3.05, 3.63) is 36.5 Å². The lowest BCUT2D eigenvalue weighted by molar-refractivity contribution is 0.959. The largest absolute Gasteiger partial charge is 0.0961 e. The summed E-state index contributed by atoms with van der Waals surface area (Å²) in [5.41, 5.74) is 1.10. The van der Waals surface area contributed by atoms with Crippen molar-refractivity contribution < 1.29 is 0 Å². The van der Waals surface area contributed by atoms with Crippen LogP contribution in [-0.4, -0.2) is 0 Å². The predicted molar refractivity (Wildman–Crippen MR) is 48.0 cm³/mol. The van der Waals surface area contributed by atoms with Gasteiger partial charge in [0.15, 0.2) is 0 Å². The van der Waals surface area contributed by atoms with Crippen LogP contribution in [0, 0.1) is 0 Å². The molecule has 0 aromatic heterocycles. The van der Waals surface area contributed by atoms with Gasteiger partial charge in [-0.2, -0.15) is 0 Å². The number of hydrogen-bond donors (Lipinski definition) is 0. The molecule has 0 bridgehead atoms. The van der Waals surface area contributed by atoms with Crippen LogP contribution in [-0.2, 0) is 0 Å². The molecule has 0 N–H and O–H groups in total. The van der Waals surface area contributed by atoms with Crippen molar-refractivity contribution in [1.29, 1.82) is 0 Å². The van der Waals surface area contributed by atoms with Crippen LogP contribution in [0.5, 0.6) is 0 Å². The quantitative estimate of drug-likeness (QED) is 0.519. The molecule has 0 amide bonds. The molecule has 0 aliphatic heterocycles. The Balaban J connectivity index is 3.42. The predicted octanol–water partition coefficient (Wildman–Crippen LogP) is 3.48. The summed E-state index contributed by atoms with van der Waals surface area (Å²) in [6.07, 6.45) is 10.7. The Kier molecular flexibility index (Phi) is 5.85. The van der Waals surface area contributed by atoms with Crippen LogP contribution in [0.3, 0.4) is 0 Å². The Morgan fingerprint density at radius 1 is 1.40 bits per heavy atom. The first-order valence-electron chi connectivity index (χ1n) is 3.76. The molecule has 0 aromatic rings. The van der Waals surface area contributed by atoms with Crippen molar-refractivity contribution in [3.63, 3.8) is 0 Å². The van der Waals surface area contributed by atoms with Gasteiger partial charge >= 0.3 is 0 Å². The molecule has 0 saturated heterocycles. The van der Waals surface area contributed by atoms with Crippen molar-refractivity contribution in [3.8, 4) is 0 Å². The Labute approximate surface area is 64.0 Å². The minimum Gasteiger partial charge on any atom is -0.0961 e. The first kappa shape index (κ1) is 9.22. The fourth-order valence-corrected chi connectivity index (χ4v) is 0.561. The van der Waals surface area contributed by atoms with Gasteiger partial charge in [-0.05, 0) is 13.3 Å². The van der Waals surface area contributed by atoms with Crippen LogP contribution in [0.15, 0.2) is 36.5 Å². The van der Waals surface area contributed by atoms with E-state index in [9.17, 15) is 0 Å². The summed E-state index contributed by atoms with van der Waals surface area (Å²) >= 11 is 0. The van der Waals surface area contributed by atoms with E-state index in [1.807, 2.05) is 19.1 Å². The third-order valence-electron chi connectivity index (χ3n) is 1.08. The minimum absolute atomic E-state index is 1.10. The summed E-state index contributed by atoms with van der Waals surface area (Å²) in [4.78, 5) is 0. The highest BCUT2D eigenvalue weighted by atomic mass is 13.8. The number of allylic oxidation sites excluding steroid dienone is 5. The van der Waals surface area contributed by atoms with Crippen LogP contribution in [0.25, 0.3) is 0 Å². The molecule has 56 valence electrons. The van der Waals surface area contributed by atoms with Gasteiger partial charge in [-0.3, -0.25) is 0 Å². The number of hydrogen-bond acceptors (Lipinski definition) is 0. The molecule has 0 nitrogen and oxygen atoms in total. The first-order valence-corrected chi connectivity index (χ1v) is 3.76. The first-order chi connectivity index (χ1) is 4.77. The highest BCUT2D eigenvalue weighted by Crippen LogP contribution is 1.92. The molecule has 0 fully saturated rings. The van der Waals surface area contributed by atoms with Gasteiger partial charge in [0.25, 0.3) is 0 Å². The highest BCUT2D eigenvalue weighted by Gasteiger charge is 1.71. The van der Waals surface area contributed by atoms with Gasteiger partial charge in [0.05, 0.1) is 0 Å². The number of rotatable bonds is 4. The lowest BCUT2D eigenvalue weighted by Crippen LogP contribution is -1.61. The van der Waals surface area contributed by atoms with Crippen LogP contribution in [0.4, 0.5) is 0 Å². The molecule has 0 heterocycles. The van der Waals surface area contributed by atoms with E-state index < -0.39 is 0 Å². The zero-order chi connectivity index (χ0) is 7.82. The zero-order valence-electron chi connectivity index (χ0n) is 6.93. The van der Waals surface area contributed by atoms with Crippen molar-refractivity contribution in [1.82, 2.24) is 0 Å². The molecule has 0 aliphatic rings. The summed E-state index contributed by atoms with van der Waals surface area (Å²) in [6.45, 7) is 7.92. The lowest BCUT2D eigenvalue weighted by Gasteiger charge is -1.82. The van der Waals surface area contributed by atoms with Crippen LogP contribution >= 0.6 is 0 Å². The average molecular weight is 136 g/mol. The van der Waals surface area contributed by atoms with E-state index >= 15 is 0 Å². The standard InChI is InChI=1S/C10H16/c1-4-5-6-7-8-9-10(2)3/h6-9H,2,4-5H2,1,3H3. The van der Waals surface area contributed by atoms with E-state index in [-0.39, 0.29) is 0 Å². The van der Waals surface area contributed by atoms with Crippen LogP contribution in [0.1, 0.15) is 26.7 Å². The third kappa shape index (κ3) is 7.22. The molecule has 0 rings (SSSR count). The Hall–Kier alpha value is -0.780. The van der Waals surface area contributed by atoms with E-state index in [2.05, 4.69) is 25.7 Å². The molecule has 0 heteroatoms. The summed E-state index contributed by atoms with van der Waals surface area (Å²) in [5, 5.41) is 0. The highest BCUT2D eigenvalue weighted by molar-refractivity contribution is 5.16. The van der Waals surface area contributed by atoms with Gasteiger partial charge in [-0.1, -0.05) is 49.8 Å². The van der Waals surface area contributed by atoms with Crippen LogP contribution < -0.4 is 0 Å². The molecule has 0 unspecified atom stereocenters. The van der Waals surface area contributed by atoms with Crippen molar-refractivity contribution in [2.45, 2.75) is 26.7 Å². The maximum Gasteiger partial charge on any atom is -0.0350 e. The fraction of sp³-hybridized carbons (Fsp3) is 0.400. The summed E-state index contributed by atoms with van der Waals surface area (Å²) in [7, 11) is 0. The summed E-state index contributed by atoms with van der Waals surface area (Å²) in [6, 6.07) is 0.